The summed E-state index contributed by atoms with van der Waals surface area (Å²) in [5.41, 5.74) is 1.86. The number of thiophene rings is 1. The maximum atomic E-state index is 14.6. The Bertz CT molecular complexity index is 614. The van der Waals surface area contributed by atoms with E-state index in [0.717, 1.165) is 19.4 Å². The molecule has 1 heterocycles. The molecule has 2 rings (SSSR count). The van der Waals surface area contributed by atoms with Crippen LogP contribution in [-0.4, -0.2) is 6.54 Å². The molecular weight excluding hydrogens is 373 g/mol. The third-order valence-electron chi connectivity index (χ3n) is 3.40. The number of halogens is 3. The number of hydrogen-bond donors (Lipinski definition) is 1. The topological polar surface area (TPSA) is 12.0 Å². The highest BCUT2D eigenvalue weighted by Gasteiger charge is 2.23. The van der Waals surface area contributed by atoms with Crippen molar-refractivity contribution in [3.05, 3.63) is 54.9 Å². The Morgan fingerprint density at radius 3 is 2.76 bits per heavy atom. The largest absolute Gasteiger partial charge is 0.305 e. The van der Waals surface area contributed by atoms with Gasteiger partial charge in [-0.2, -0.15) is 0 Å². The van der Waals surface area contributed by atoms with Gasteiger partial charge in [-0.05, 0) is 58.4 Å². The first-order valence-corrected chi connectivity index (χ1v) is 9.08. The van der Waals surface area contributed by atoms with Crippen LogP contribution in [0.2, 0.25) is 5.02 Å². The highest BCUT2D eigenvalue weighted by molar-refractivity contribution is 9.10. The van der Waals surface area contributed by atoms with Gasteiger partial charge < -0.3 is 5.32 Å². The summed E-state index contributed by atoms with van der Waals surface area (Å²) in [6, 6.07) is 5.57. The molecule has 1 atom stereocenters. The first-order valence-electron chi connectivity index (χ1n) is 7.03. The fourth-order valence-electron chi connectivity index (χ4n) is 2.29. The molecule has 0 aliphatic carbocycles. The average molecular weight is 391 g/mol. The first kappa shape index (κ1) is 16.9. The lowest BCUT2D eigenvalue weighted by atomic mass is 10.0. The maximum absolute atomic E-state index is 14.6. The van der Waals surface area contributed by atoms with Gasteiger partial charge in [0, 0.05) is 14.9 Å². The summed E-state index contributed by atoms with van der Waals surface area (Å²) in [5.74, 6) is -0.352. The molecule has 0 saturated carbocycles. The van der Waals surface area contributed by atoms with Gasteiger partial charge in [-0.1, -0.05) is 31.5 Å². The van der Waals surface area contributed by atoms with Gasteiger partial charge >= 0.3 is 0 Å². The zero-order valence-corrected chi connectivity index (χ0v) is 15.2. The fraction of sp³-hybridized carbons (Fsp3) is 0.375. The third kappa shape index (κ3) is 3.67. The standard InChI is InChI=1S/C16H18BrClFNS/c1-3-8-20-15(16-10(4-2)7-9-21-16)11-5-6-12(17)13(18)14(11)19/h5-7,9,15,20H,3-4,8H2,1-2H3. The molecule has 114 valence electrons. The van der Waals surface area contributed by atoms with E-state index in [2.05, 4.69) is 46.5 Å². The van der Waals surface area contributed by atoms with Crippen molar-refractivity contribution in [2.75, 3.05) is 6.54 Å². The van der Waals surface area contributed by atoms with Crippen LogP contribution in [0.1, 0.15) is 42.3 Å². The SMILES string of the molecule is CCCNC(c1ccc(Br)c(Cl)c1F)c1sccc1CC. The van der Waals surface area contributed by atoms with Crippen LogP contribution in [0, 0.1) is 5.82 Å². The number of rotatable bonds is 6. The molecule has 0 amide bonds. The molecule has 0 bridgehead atoms. The molecule has 1 aromatic carbocycles. The quantitative estimate of drug-likeness (QED) is 0.600. The summed E-state index contributed by atoms with van der Waals surface area (Å²) < 4.78 is 15.2. The van der Waals surface area contributed by atoms with Gasteiger partial charge in [0.1, 0.15) is 5.82 Å². The van der Waals surface area contributed by atoms with E-state index in [1.165, 1.54) is 10.4 Å². The molecule has 1 nitrogen and oxygen atoms in total. The summed E-state index contributed by atoms with van der Waals surface area (Å²) in [7, 11) is 0. The minimum absolute atomic E-state index is 0.144. The van der Waals surface area contributed by atoms with E-state index in [1.807, 2.05) is 0 Å². The second kappa shape index (κ2) is 7.73. The van der Waals surface area contributed by atoms with Crippen molar-refractivity contribution in [1.29, 1.82) is 0 Å². The minimum Gasteiger partial charge on any atom is -0.305 e. The van der Waals surface area contributed by atoms with Crippen LogP contribution in [0.3, 0.4) is 0 Å². The molecule has 0 aliphatic heterocycles. The molecule has 0 spiro atoms. The van der Waals surface area contributed by atoms with Crippen molar-refractivity contribution in [1.82, 2.24) is 5.32 Å². The highest BCUT2D eigenvalue weighted by Crippen LogP contribution is 2.36. The maximum Gasteiger partial charge on any atom is 0.148 e. The molecule has 1 unspecified atom stereocenters. The highest BCUT2D eigenvalue weighted by atomic mass is 79.9. The van der Waals surface area contributed by atoms with Crippen molar-refractivity contribution in [3.63, 3.8) is 0 Å². The average Bonchev–Trinajstić information content (AvgIpc) is 2.95. The van der Waals surface area contributed by atoms with E-state index in [9.17, 15) is 4.39 Å². The van der Waals surface area contributed by atoms with Crippen LogP contribution >= 0.6 is 38.9 Å². The van der Waals surface area contributed by atoms with E-state index in [1.54, 1.807) is 23.5 Å². The minimum atomic E-state index is -0.352. The number of benzene rings is 1. The smallest absolute Gasteiger partial charge is 0.148 e. The van der Waals surface area contributed by atoms with Crippen molar-refractivity contribution < 1.29 is 4.39 Å². The van der Waals surface area contributed by atoms with Crippen LogP contribution in [0.5, 0.6) is 0 Å². The van der Waals surface area contributed by atoms with Gasteiger partial charge in [0.05, 0.1) is 11.1 Å². The van der Waals surface area contributed by atoms with Gasteiger partial charge in [0.25, 0.3) is 0 Å². The Labute approximate surface area is 142 Å². The van der Waals surface area contributed by atoms with Crippen molar-refractivity contribution in [2.24, 2.45) is 0 Å². The molecule has 0 radical (unpaired) electrons. The van der Waals surface area contributed by atoms with Crippen molar-refractivity contribution >= 4 is 38.9 Å². The van der Waals surface area contributed by atoms with Crippen LogP contribution in [0.15, 0.2) is 28.1 Å². The Morgan fingerprint density at radius 1 is 1.33 bits per heavy atom. The number of hydrogen-bond acceptors (Lipinski definition) is 2. The Kier molecular flexibility index (Phi) is 6.23. The van der Waals surface area contributed by atoms with Gasteiger partial charge in [-0.15, -0.1) is 11.3 Å². The van der Waals surface area contributed by atoms with E-state index in [-0.39, 0.29) is 16.9 Å². The molecule has 1 aromatic heterocycles. The summed E-state index contributed by atoms with van der Waals surface area (Å²) >= 11 is 11.0. The Hall–Kier alpha value is -0.420. The molecule has 0 fully saturated rings. The van der Waals surface area contributed by atoms with Crippen LogP contribution in [0.25, 0.3) is 0 Å². The summed E-state index contributed by atoms with van der Waals surface area (Å²) in [4.78, 5) is 1.17. The molecule has 0 saturated heterocycles. The molecular formula is C16H18BrClFNS. The summed E-state index contributed by atoms with van der Waals surface area (Å²) in [5, 5.41) is 5.65. The molecule has 0 aliphatic rings. The second-order valence-corrected chi connectivity index (χ2v) is 7.00. The Morgan fingerprint density at radius 2 is 2.10 bits per heavy atom. The second-order valence-electron chi connectivity index (χ2n) is 4.82. The van der Waals surface area contributed by atoms with E-state index < -0.39 is 0 Å². The van der Waals surface area contributed by atoms with E-state index >= 15 is 0 Å². The zero-order valence-electron chi connectivity index (χ0n) is 12.1. The number of nitrogens with one attached hydrogen (secondary N) is 1. The molecule has 5 heteroatoms. The van der Waals surface area contributed by atoms with Gasteiger partial charge in [-0.3, -0.25) is 0 Å². The van der Waals surface area contributed by atoms with Crippen LogP contribution in [0.4, 0.5) is 4.39 Å². The van der Waals surface area contributed by atoms with E-state index in [4.69, 9.17) is 11.6 Å². The molecule has 2 aromatic rings. The van der Waals surface area contributed by atoms with Crippen molar-refractivity contribution in [2.45, 2.75) is 32.7 Å². The lowest BCUT2D eigenvalue weighted by Gasteiger charge is -2.21. The van der Waals surface area contributed by atoms with Gasteiger partial charge in [0.15, 0.2) is 0 Å². The van der Waals surface area contributed by atoms with Gasteiger partial charge in [0.2, 0.25) is 0 Å². The van der Waals surface area contributed by atoms with Crippen molar-refractivity contribution in [3.8, 4) is 0 Å². The summed E-state index contributed by atoms with van der Waals surface area (Å²) in [6.07, 6.45) is 1.93. The fourth-order valence-corrected chi connectivity index (χ4v) is 3.86. The lowest BCUT2D eigenvalue weighted by molar-refractivity contribution is 0.549. The van der Waals surface area contributed by atoms with Gasteiger partial charge in [-0.25, -0.2) is 4.39 Å². The monoisotopic (exact) mass is 389 g/mol. The predicted molar refractivity (Wildman–Crippen MR) is 92.9 cm³/mol. The summed E-state index contributed by atoms with van der Waals surface area (Å²) in [6.45, 7) is 5.05. The first-order chi connectivity index (χ1) is 10.1. The van der Waals surface area contributed by atoms with E-state index in [0.29, 0.717) is 10.0 Å². The Balaban J connectivity index is 2.48. The third-order valence-corrected chi connectivity index (χ3v) is 5.68. The number of aryl methyl sites for hydroxylation is 1. The zero-order chi connectivity index (χ0) is 15.4. The normalized spacial score (nSPS) is 12.6. The van der Waals surface area contributed by atoms with Crippen LogP contribution in [-0.2, 0) is 6.42 Å². The van der Waals surface area contributed by atoms with Crippen LogP contribution < -0.4 is 5.32 Å². The molecule has 21 heavy (non-hydrogen) atoms. The molecule has 1 N–H and O–H groups in total. The lowest BCUT2D eigenvalue weighted by Crippen LogP contribution is -2.24. The predicted octanol–water partition coefficient (Wildman–Crippen LogP) is 5.95.